The first-order valence-corrected chi connectivity index (χ1v) is 30.5. The minimum Gasteiger partial charge on any atom is -0.462 e. The van der Waals surface area contributed by atoms with Crippen LogP contribution in [0, 0.1) is 0 Å². The van der Waals surface area contributed by atoms with E-state index in [1.54, 1.807) is 0 Å². The fraction of sp³-hybridized carbons (Fsp3) is 0.857. The number of esters is 3. The van der Waals surface area contributed by atoms with Crippen molar-refractivity contribution < 1.29 is 28.6 Å². The summed E-state index contributed by atoms with van der Waals surface area (Å²) in [5, 5.41) is 0. The van der Waals surface area contributed by atoms with Gasteiger partial charge in [-0.2, -0.15) is 0 Å². The third kappa shape index (κ3) is 56.4. The first-order valence-electron chi connectivity index (χ1n) is 30.5. The van der Waals surface area contributed by atoms with Crippen molar-refractivity contribution in [2.24, 2.45) is 0 Å². The Hall–Kier alpha value is -2.37. The van der Waals surface area contributed by atoms with Crippen LogP contribution in [-0.4, -0.2) is 37.2 Å². The van der Waals surface area contributed by atoms with Crippen LogP contribution in [0.2, 0.25) is 0 Å². The number of rotatable bonds is 56. The summed E-state index contributed by atoms with van der Waals surface area (Å²) < 4.78 is 16.9. The van der Waals surface area contributed by atoms with Gasteiger partial charge in [0.25, 0.3) is 0 Å². The molecule has 0 heterocycles. The van der Waals surface area contributed by atoms with Crippen LogP contribution in [-0.2, 0) is 28.6 Å². The highest BCUT2D eigenvalue weighted by Crippen LogP contribution is 2.17. The highest BCUT2D eigenvalue weighted by molar-refractivity contribution is 5.71. The number of carbonyl (C=O) groups excluding carboxylic acids is 3. The molecule has 0 saturated carbocycles. The SMILES string of the molecule is CCCCCCC/C=C\C/C=C\CCCCCCCCCCCCCC(=O)OCC(COC(=O)CCCCCCCCCCCCCCCC)OC(=O)CCCCCCC/C=C\CCCCCCC. The van der Waals surface area contributed by atoms with E-state index in [4.69, 9.17) is 14.2 Å². The van der Waals surface area contributed by atoms with Crippen molar-refractivity contribution in [3.8, 4) is 0 Å². The van der Waals surface area contributed by atoms with Crippen LogP contribution in [0.4, 0.5) is 0 Å². The van der Waals surface area contributed by atoms with E-state index in [1.807, 2.05) is 0 Å². The van der Waals surface area contributed by atoms with Gasteiger partial charge in [0.05, 0.1) is 0 Å². The maximum Gasteiger partial charge on any atom is 0.306 e. The zero-order valence-corrected chi connectivity index (χ0v) is 46.3. The Kier molecular flexibility index (Phi) is 56.2. The fourth-order valence-electron chi connectivity index (χ4n) is 9.00. The van der Waals surface area contributed by atoms with Crippen LogP contribution in [0.5, 0.6) is 0 Å². The smallest absolute Gasteiger partial charge is 0.306 e. The summed E-state index contributed by atoms with van der Waals surface area (Å²) >= 11 is 0. The Morgan fingerprint density at radius 3 is 0.812 bits per heavy atom. The van der Waals surface area contributed by atoms with Gasteiger partial charge in [-0.05, 0) is 77.0 Å². The van der Waals surface area contributed by atoms with Crippen molar-refractivity contribution in [2.75, 3.05) is 13.2 Å². The zero-order chi connectivity index (χ0) is 50.0. The van der Waals surface area contributed by atoms with Gasteiger partial charge in [-0.25, -0.2) is 0 Å². The van der Waals surface area contributed by atoms with Gasteiger partial charge in [0.2, 0.25) is 0 Å². The Bertz CT molecular complexity index is 1160. The highest BCUT2D eigenvalue weighted by atomic mass is 16.6. The monoisotopic (exact) mass is 969 g/mol. The molecule has 0 amide bonds. The lowest BCUT2D eigenvalue weighted by molar-refractivity contribution is -0.167. The number of ether oxygens (including phenoxy) is 3. The molecule has 0 N–H and O–H groups in total. The van der Waals surface area contributed by atoms with E-state index in [1.165, 1.54) is 218 Å². The molecule has 0 bridgehead atoms. The van der Waals surface area contributed by atoms with Crippen molar-refractivity contribution in [1.82, 2.24) is 0 Å². The number of hydrogen-bond donors (Lipinski definition) is 0. The van der Waals surface area contributed by atoms with Gasteiger partial charge < -0.3 is 14.2 Å². The summed E-state index contributed by atoms with van der Waals surface area (Å²) in [6.07, 6.45) is 70.0. The number of allylic oxidation sites excluding steroid dienone is 6. The van der Waals surface area contributed by atoms with E-state index in [-0.39, 0.29) is 31.1 Å². The lowest BCUT2D eigenvalue weighted by Gasteiger charge is -2.18. The van der Waals surface area contributed by atoms with Crippen molar-refractivity contribution >= 4 is 17.9 Å². The summed E-state index contributed by atoms with van der Waals surface area (Å²) in [7, 11) is 0. The lowest BCUT2D eigenvalue weighted by Crippen LogP contribution is -2.30. The second-order valence-corrected chi connectivity index (χ2v) is 20.6. The molecule has 0 rings (SSSR count). The minimum atomic E-state index is -0.774. The third-order valence-corrected chi connectivity index (χ3v) is 13.6. The largest absolute Gasteiger partial charge is 0.462 e. The Morgan fingerprint density at radius 1 is 0.290 bits per heavy atom. The van der Waals surface area contributed by atoms with Crippen LogP contribution in [0.25, 0.3) is 0 Å². The standard InChI is InChI=1S/C63H116O6/c1-4-7-10-13-16-19-22-25-28-29-30-31-32-33-34-35-36-39-41-44-47-50-53-56-62(65)68-59-60(69-63(66)57-54-51-48-45-42-38-27-24-21-18-15-12-9-6-3)58-67-61(64)55-52-49-46-43-40-37-26-23-20-17-14-11-8-5-2/h22,24-25,27,29-30,60H,4-21,23,26,28,31-59H2,1-3H3/b25-22-,27-24-,30-29-. The quantitative estimate of drug-likeness (QED) is 0.0261. The average Bonchev–Trinajstić information content (AvgIpc) is 3.35. The van der Waals surface area contributed by atoms with Crippen molar-refractivity contribution in [3.63, 3.8) is 0 Å². The number of unbranched alkanes of at least 4 members (excludes halogenated alkanes) is 39. The molecule has 0 aliphatic rings. The van der Waals surface area contributed by atoms with E-state index in [0.717, 1.165) is 70.6 Å². The summed E-state index contributed by atoms with van der Waals surface area (Å²) in [4.78, 5) is 38.2. The molecule has 0 aromatic heterocycles. The van der Waals surface area contributed by atoms with E-state index < -0.39 is 6.10 Å². The molecule has 0 aromatic carbocycles. The van der Waals surface area contributed by atoms with Gasteiger partial charge in [0.1, 0.15) is 13.2 Å². The van der Waals surface area contributed by atoms with E-state index in [9.17, 15) is 14.4 Å². The molecular formula is C63H116O6. The summed E-state index contributed by atoms with van der Waals surface area (Å²) in [6.45, 7) is 6.66. The number of carbonyl (C=O) groups is 3. The Morgan fingerprint density at radius 2 is 0.522 bits per heavy atom. The van der Waals surface area contributed by atoms with E-state index in [2.05, 4.69) is 57.2 Å². The molecule has 0 spiro atoms. The molecule has 6 heteroatoms. The van der Waals surface area contributed by atoms with Gasteiger partial charge in [-0.15, -0.1) is 0 Å². The maximum absolute atomic E-state index is 12.8. The van der Waals surface area contributed by atoms with Crippen LogP contribution in [0.1, 0.15) is 329 Å². The van der Waals surface area contributed by atoms with E-state index >= 15 is 0 Å². The fourth-order valence-corrected chi connectivity index (χ4v) is 9.00. The third-order valence-electron chi connectivity index (χ3n) is 13.6. The molecule has 0 saturated heterocycles. The molecule has 404 valence electrons. The van der Waals surface area contributed by atoms with Crippen molar-refractivity contribution in [1.29, 1.82) is 0 Å². The summed E-state index contributed by atoms with van der Waals surface area (Å²) in [5.74, 6) is -0.863. The van der Waals surface area contributed by atoms with Gasteiger partial charge in [0, 0.05) is 19.3 Å². The Labute approximate surface area is 429 Å². The molecule has 0 aliphatic carbocycles. The van der Waals surface area contributed by atoms with Crippen molar-refractivity contribution in [3.05, 3.63) is 36.5 Å². The van der Waals surface area contributed by atoms with E-state index in [0.29, 0.717) is 19.3 Å². The Balaban J connectivity index is 4.28. The van der Waals surface area contributed by atoms with Gasteiger partial charge >= 0.3 is 17.9 Å². The summed E-state index contributed by atoms with van der Waals surface area (Å²) in [6, 6.07) is 0. The molecule has 0 aromatic rings. The molecular weight excluding hydrogens is 853 g/mol. The first-order chi connectivity index (χ1) is 34.0. The second-order valence-electron chi connectivity index (χ2n) is 20.6. The van der Waals surface area contributed by atoms with Crippen LogP contribution < -0.4 is 0 Å². The maximum atomic E-state index is 12.8. The predicted octanol–water partition coefficient (Wildman–Crippen LogP) is 20.4. The predicted molar refractivity (Wildman–Crippen MR) is 298 cm³/mol. The van der Waals surface area contributed by atoms with Crippen LogP contribution in [0.3, 0.4) is 0 Å². The second kappa shape index (κ2) is 58.2. The zero-order valence-electron chi connectivity index (χ0n) is 46.3. The molecule has 0 aliphatic heterocycles. The number of hydrogen-bond acceptors (Lipinski definition) is 6. The molecule has 6 nitrogen and oxygen atoms in total. The topological polar surface area (TPSA) is 78.9 Å². The van der Waals surface area contributed by atoms with Crippen LogP contribution >= 0.6 is 0 Å². The molecule has 0 fully saturated rings. The van der Waals surface area contributed by atoms with Crippen molar-refractivity contribution in [2.45, 2.75) is 335 Å². The average molecular weight is 970 g/mol. The summed E-state index contributed by atoms with van der Waals surface area (Å²) in [5.41, 5.74) is 0. The van der Waals surface area contributed by atoms with Gasteiger partial charge in [-0.1, -0.05) is 269 Å². The molecule has 1 atom stereocenters. The molecule has 69 heavy (non-hydrogen) atoms. The minimum absolute atomic E-state index is 0.0719. The molecule has 1 unspecified atom stereocenters. The van der Waals surface area contributed by atoms with Gasteiger partial charge in [-0.3, -0.25) is 14.4 Å². The molecule has 0 radical (unpaired) electrons. The van der Waals surface area contributed by atoms with Gasteiger partial charge in [0.15, 0.2) is 6.10 Å². The lowest BCUT2D eigenvalue weighted by atomic mass is 10.0. The normalized spacial score (nSPS) is 12.2. The van der Waals surface area contributed by atoms with Crippen LogP contribution in [0.15, 0.2) is 36.5 Å². The first kappa shape index (κ1) is 66.6. The highest BCUT2D eigenvalue weighted by Gasteiger charge is 2.19.